The number of ether oxygens (including phenoxy) is 1. The summed E-state index contributed by atoms with van der Waals surface area (Å²) in [6.45, 7) is 1.53. The third kappa shape index (κ3) is 2.83. The Morgan fingerprint density at radius 1 is 1.48 bits per heavy atom. The van der Waals surface area contributed by atoms with E-state index in [9.17, 15) is 9.90 Å². The van der Waals surface area contributed by atoms with Gasteiger partial charge in [0.2, 0.25) is 0 Å². The molecule has 0 aliphatic carbocycles. The summed E-state index contributed by atoms with van der Waals surface area (Å²) in [6.07, 6.45) is 2.33. The average molecular weight is 286 g/mol. The van der Waals surface area contributed by atoms with E-state index in [2.05, 4.69) is 4.98 Å². The van der Waals surface area contributed by atoms with Gasteiger partial charge in [-0.3, -0.25) is 0 Å². The van der Waals surface area contributed by atoms with Crippen LogP contribution in [0.4, 0.5) is 5.82 Å². The molecule has 110 valence electrons. The first-order chi connectivity index (χ1) is 10.1. The first kappa shape index (κ1) is 13.8. The first-order valence-corrected chi connectivity index (χ1v) is 7.11. The number of carboxylic acids is 1. The van der Waals surface area contributed by atoms with E-state index in [0.717, 1.165) is 36.8 Å². The summed E-state index contributed by atoms with van der Waals surface area (Å²) in [5.41, 5.74) is 0.0721. The summed E-state index contributed by atoms with van der Waals surface area (Å²) < 4.78 is 5.65. The zero-order valence-corrected chi connectivity index (χ0v) is 12.0. The van der Waals surface area contributed by atoms with Crippen molar-refractivity contribution in [2.75, 3.05) is 25.1 Å². The lowest BCUT2D eigenvalue weighted by atomic mass is 10.1. The second-order valence-electron chi connectivity index (χ2n) is 5.37. The van der Waals surface area contributed by atoms with Crippen LogP contribution in [-0.4, -0.2) is 42.4 Å². The molecule has 0 amide bonds. The van der Waals surface area contributed by atoms with E-state index < -0.39 is 5.97 Å². The minimum atomic E-state index is -1.01. The average Bonchev–Trinajstić information content (AvgIpc) is 2.98. The Labute approximate surface area is 123 Å². The highest BCUT2D eigenvalue weighted by molar-refractivity contribution is 5.97. The molecule has 21 heavy (non-hydrogen) atoms. The topological polar surface area (TPSA) is 62.7 Å². The highest BCUT2D eigenvalue weighted by Crippen LogP contribution is 2.26. The van der Waals surface area contributed by atoms with Gasteiger partial charge in [0, 0.05) is 25.6 Å². The number of aromatic nitrogens is 1. The maximum absolute atomic E-state index is 11.3. The molecule has 2 heterocycles. The van der Waals surface area contributed by atoms with E-state index in [-0.39, 0.29) is 11.8 Å². The Kier molecular flexibility index (Phi) is 3.75. The molecule has 1 N–H and O–H groups in total. The number of rotatable bonds is 4. The van der Waals surface area contributed by atoms with Crippen LogP contribution in [0.2, 0.25) is 0 Å². The maximum atomic E-state index is 11.3. The molecule has 1 saturated heterocycles. The van der Waals surface area contributed by atoms with Crippen molar-refractivity contribution in [3.8, 4) is 0 Å². The molecule has 0 saturated carbocycles. The van der Waals surface area contributed by atoms with Crippen LogP contribution in [0.3, 0.4) is 0 Å². The Morgan fingerprint density at radius 3 is 3.00 bits per heavy atom. The third-order valence-electron chi connectivity index (χ3n) is 3.80. The monoisotopic (exact) mass is 286 g/mol. The van der Waals surface area contributed by atoms with Crippen LogP contribution in [0.5, 0.6) is 0 Å². The molecule has 0 radical (unpaired) electrons. The SMILES string of the molecule is CN(CC1CCCO1)c1nc(C(=O)O)cc2ccccc12. The Bertz CT molecular complexity index is 666. The Balaban J connectivity index is 2.00. The number of nitrogens with zero attached hydrogens (tertiary/aromatic N) is 2. The van der Waals surface area contributed by atoms with Crippen LogP contribution in [0.1, 0.15) is 23.3 Å². The second-order valence-corrected chi connectivity index (χ2v) is 5.37. The lowest BCUT2D eigenvalue weighted by molar-refractivity contribution is 0.0691. The fourth-order valence-corrected chi connectivity index (χ4v) is 2.76. The molecular weight excluding hydrogens is 268 g/mol. The molecule has 1 fully saturated rings. The van der Waals surface area contributed by atoms with Crippen molar-refractivity contribution in [1.82, 2.24) is 4.98 Å². The number of hydrogen-bond acceptors (Lipinski definition) is 4. The molecule has 5 nitrogen and oxygen atoms in total. The lowest BCUT2D eigenvalue weighted by Crippen LogP contribution is -2.29. The third-order valence-corrected chi connectivity index (χ3v) is 3.80. The van der Waals surface area contributed by atoms with E-state index >= 15 is 0 Å². The van der Waals surface area contributed by atoms with E-state index in [1.54, 1.807) is 6.07 Å². The second kappa shape index (κ2) is 5.69. The van der Waals surface area contributed by atoms with Gasteiger partial charge in [0.1, 0.15) is 5.82 Å². The van der Waals surface area contributed by atoms with Gasteiger partial charge in [-0.15, -0.1) is 0 Å². The van der Waals surface area contributed by atoms with Gasteiger partial charge in [0.15, 0.2) is 5.69 Å². The molecule has 1 unspecified atom stereocenters. The molecule has 1 atom stereocenters. The van der Waals surface area contributed by atoms with E-state index in [0.29, 0.717) is 5.82 Å². The van der Waals surface area contributed by atoms with Crippen LogP contribution in [-0.2, 0) is 4.74 Å². The van der Waals surface area contributed by atoms with Crippen LogP contribution < -0.4 is 4.90 Å². The summed E-state index contributed by atoms with van der Waals surface area (Å²) >= 11 is 0. The highest BCUT2D eigenvalue weighted by atomic mass is 16.5. The Hall–Kier alpha value is -2.14. The van der Waals surface area contributed by atoms with Crippen LogP contribution in [0.15, 0.2) is 30.3 Å². The summed E-state index contributed by atoms with van der Waals surface area (Å²) in [4.78, 5) is 17.6. The normalized spacial score (nSPS) is 18.0. The number of aromatic carboxylic acids is 1. The standard InChI is InChI=1S/C16H18N2O3/c1-18(10-12-6-4-8-21-12)15-13-7-3-2-5-11(13)9-14(17-15)16(19)20/h2-3,5,7,9,12H,4,6,8,10H2,1H3,(H,19,20). The number of hydrogen-bond donors (Lipinski definition) is 1. The molecule has 1 aromatic carbocycles. The summed E-state index contributed by atoms with van der Waals surface area (Å²) in [6, 6.07) is 9.33. The zero-order chi connectivity index (χ0) is 14.8. The van der Waals surface area contributed by atoms with Gasteiger partial charge in [-0.25, -0.2) is 9.78 Å². The molecule has 1 aliphatic heterocycles. The number of carbonyl (C=O) groups is 1. The van der Waals surface area contributed by atoms with Crippen molar-refractivity contribution in [2.24, 2.45) is 0 Å². The fraction of sp³-hybridized carbons (Fsp3) is 0.375. The molecule has 3 rings (SSSR count). The van der Waals surface area contributed by atoms with Gasteiger partial charge < -0.3 is 14.7 Å². The van der Waals surface area contributed by atoms with Crippen molar-refractivity contribution in [1.29, 1.82) is 0 Å². The number of benzene rings is 1. The zero-order valence-electron chi connectivity index (χ0n) is 12.0. The molecule has 5 heteroatoms. The fourth-order valence-electron chi connectivity index (χ4n) is 2.76. The van der Waals surface area contributed by atoms with Crippen LogP contribution in [0.25, 0.3) is 10.8 Å². The largest absolute Gasteiger partial charge is 0.477 e. The van der Waals surface area contributed by atoms with Gasteiger partial charge in [0.05, 0.1) is 6.10 Å². The van der Waals surface area contributed by atoms with E-state index in [4.69, 9.17) is 4.74 Å². The van der Waals surface area contributed by atoms with Gasteiger partial charge in [0.25, 0.3) is 0 Å². The first-order valence-electron chi connectivity index (χ1n) is 7.11. The Morgan fingerprint density at radius 2 is 2.29 bits per heavy atom. The van der Waals surface area contributed by atoms with E-state index in [1.165, 1.54) is 0 Å². The van der Waals surface area contributed by atoms with Crippen molar-refractivity contribution in [2.45, 2.75) is 18.9 Å². The summed E-state index contributed by atoms with van der Waals surface area (Å²) in [5, 5.41) is 11.1. The summed E-state index contributed by atoms with van der Waals surface area (Å²) in [7, 11) is 1.93. The van der Waals surface area contributed by atoms with Crippen molar-refractivity contribution in [3.63, 3.8) is 0 Å². The van der Waals surface area contributed by atoms with Crippen molar-refractivity contribution < 1.29 is 14.6 Å². The smallest absolute Gasteiger partial charge is 0.354 e. The van der Waals surface area contributed by atoms with Crippen LogP contribution >= 0.6 is 0 Å². The molecule has 2 aromatic rings. The predicted molar refractivity (Wildman–Crippen MR) is 80.9 cm³/mol. The molecular formula is C16H18N2O3. The lowest BCUT2D eigenvalue weighted by Gasteiger charge is -2.23. The molecule has 1 aromatic heterocycles. The van der Waals surface area contributed by atoms with Gasteiger partial charge >= 0.3 is 5.97 Å². The van der Waals surface area contributed by atoms with E-state index in [1.807, 2.05) is 36.2 Å². The highest BCUT2D eigenvalue weighted by Gasteiger charge is 2.20. The van der Waals surface area contributed by atoms with Gasteiger partial charge in [-0.2, -0.15) is 0 Å². The minimum Gasteiger partial charge on any atom is -0.477 e. The maximum Gasteiger partial charge on any atom is 0.354 e. The van der Waals surface area contributed by atoms with Gasteiger partial charge in [-0.05, 0) is 24.3 Å². The number of pyridine rings is 1. The molecule has 0 bridgehead atoms. The summed E-state index contributed by atoms with van der Waals surface area (Å²) in [5.74, 6) is -0.312. The number of likely N-dealkylation sites (N-methyl/N-ethyl adjacent to an activating group) is 1. The van der Waals surface area contributed by atoms with Crippen molar-refractivity contribution >= 4 is 22.6 Å². The quantitative estimate of drug-likeness (QED) is 0.936. The van der Waals surface area contributed by atoms with Crippen LogP contribution in [0, 0.1) is 0 Å². The van der Waals surface area contributed by atoms with Gasteiger partial charge in [-0.1, -0.05) is 24.3 Å². The number of fused-ring (bicyclic) bond motifs is 1. The predicted octanol–water partition coefficient (Wildman–Crippen LogP) is 2.55. The van der Waals surface area contributed by atoms with Crippen molar-refractivity contribution in [3.05, 3.63) is 36.0 Å². The molecule has 1 aliphatic rings. The minimum absolute atomic E-state index is 0.0721. The number of anilines is 1. The number of carboxylic acid groups (broad SMARTS) is 1. The molecule has 0 spiro atoms.